The highest BCUT2D eigenvalue weighted by molar-refractivity contribution is 6.11. The van der Waals surface area contributed by atoms with E-state index in [2.05, 4.69) is 266 Å². The van der Waals surface area contributed by atoms with E-state index < -0.39 is 0 Å². The summed E-state index contributed by atoms with van der Waals surface area (Å²) in [4.78, 5) is 2.52. The normalized spacial score (nSPS) is 12.6. The van der Waals surface area contributed by atoms with Crippen LogP contribution >= 0.6 is 0 Å². The first kappa shape index (κ1) is 38.5. The van der Waals surface area contributed by atoms with Crippen molar-refractivity contribution in [1.29, 1.82) is 0 Å². The highest BCUT2D eigenvalue weighted by Crippen LogP contribution is 2.53. The third-order valence-corrected chi connectivity index (χ3v) is 13.6. The number of aromatic nitrogens is 1. The molecule has 1 aromatic heterocycles. The molecule has 0 radical (unpaired) electrons. The Balaban J connectivity index is 1.17. The van der Waals surface area contributed by atoms with E-state index in [9.17, 15) is 0 Å². The van der Waals surface area contributed by atoms with Gasteiger partial charge in [-0.2, -0.15) is 0 Å². The van der Waals surface area contributed by atoms with Gasteiger partial charge in [-0.3, -0.25) is 0 Å². The van der Waals surface area contributed by atoms with Gasteiger partial charge in [-0.1, -0.05) is 208 Å². The van der Waals surface area contributed by atoms with E-state index in [-0.39, 0.29) is 5.41 Å². The Hall–Kier alpha value is -8.20. The number of fused-ring (bicyclic) bond motifs is 6. The predicted octanol–water partition coefficient (Wildman–Crippen LogP) is 17.2. The fourth-order valence-electron chi connectivity index (χ4n) is 10.6. The van der Waals surface area contributed by atoms with Gasteiger partial charge in [0.25, 0.3) is 0 Å². The fourth-order valence-corrected chi connectivity index (χ4v) is 10.6. The first-order valence-corrected chi connectivity index (χ1v) is 22.6. The maximum atomic E-state index is 2.52. The molecule has 11 aromatic rings. The summed E-state index contributed by atoms with van der Waals surface area (Å²) in [7, 11) is 0. The Bertz CT molecular complexity index is 3560. The molecule has 0 unspecified atom stereocenters. The lowest BCUT2D eigenvalue weighted by Crippen LogP contribution is -2.15. The lowest BCUT2D eigenvalue weighted by molar-refractivity contribution is 0.660. The summed E-state index contributed by atoms with van der Waals surface area (Å²) in [5.74, 6) is 0. The monoisotopic (exact) mass is 830 g/mol. The Labute approximate surface area is 381 Å². The minimum absolute atomic E-state index is 0.0818. The van der Waals surface area contributed by atoms with Crippen molar-refractivity contribution in [3.8, 4) is 61.3 Å². The van der Waals surface area contributed by atoms with Crippen LogP contribution in [0, 0.1) is 0 Å². The van der Waals surface area contributed by atoms with Gasteiger partial charge in [-0.05, 0) is 104 Å². The molecule has 1 aliphatic rings. The number of benzene rings is 10. The number of anilines is 3. The van der Waals surface area contributed by atoms with Gasteiger partial charge in [0, 0.05) is 38.7 Å². The lowest BCUT2D eigenvalue weighted by Gasteiger charge is -2.32. The van der Waals surface area contributed by atoms with Crippen molar-refractivity contribution in [3.05, 3.63) is 254 Å². The SMILES string of the molecule is CC1(C)c2ccccc2-c2cc(-c3ccccc3N(c3ccc4c5ccccc5n(-c5ccccc5)c4c3)c3cccc(-c4ccccc4)c3-c3ccccc3-c3ccccc3)ccc21. The molecule has 65 heavy (non-hydrogen) atoms. The van der Waals surface area contributed by atoms with Crippen molar-refractivity contribution in [2.24, 2.45) is 0 Å². The number of nitrogens with zero attached hydrogens (tertiary/aromatic N) is 2. The molecular formula is C63H46N2. The Morgan fingerprint density at radius 2 is 0.892 bits per heavy atom. The summed E-state index contributed by atoms with van der Waals surface area (Å²) in [6, 6.07) is 89.1. The van der Waals surface area contributed by atoms with E-state index in [4.69, 9.17) is 0 Å². The van der Waals surface area contributed by atoms with Crippen LogP contribution in [-0.4, -0.2) is 4.57 Å². The zero-order valence-corrected chi connectivity index (χ0v) is 36.5. The quantitative estimate of drug-likeness (QED) is 0.148. The number of hydrogen-bond acceptors (Lipinski definition) is 1. The van der Waals surface area contributed by atoms with Crippen LogP contribution in [0.4, 0.5) is 17.1 Å². The van der Waals surface area contributed by atoms with Gasteiger partial charge >= 0.3 is 0 Å². The zero-order chi connectivity index (χ0) is 43.5. The fraction of sp³-hybridized carbons (Fsp3) is 0.0476. The molecule has 1 aliphatic carbocycles. The molecular weight excluding hydrogens is 785 g/mol. The maximum absolute atomic E-state index is 2.52. The number of rotatable bonds is 8. The second-order valence-corrected chi connectivity index (χ2v) is 17.7. The smallest absolute Gasteiger partial charge is 0.0561 e. The summed E-state index contributed by atoms with van der Waals surface area (Å²) >= 11 is 0. The van der Waals surface area contributed by atoms with E-state index in [1.165, 1.54) is 77.5 Å². The minimum Gasteiger partial charge on any atom is -0.309 e. The van der Waals surface area contributed by atoms with Crippen LogP contribution in [0.3, 0.4) is 0 Å². The first-order valence-electron chi connectivity index (χ1n) is 22.6. The summed E-state index contributed by atoms with van der Waals surface area (Å²) in [6.07, 6.45) is 0. The second-order valence-electron chi connectivity index (χ2n) is 17.7. The highest BCUT2D eigenvalue weighted by Gasteiger charge is 2.35. The highest BCUT2D eigenvalue weighted by atomic mass is 15.2. The molecule has 0 N–H and O–H groups in total. The van der Waals surface area contributed by atoms with Crippen molar-refractivity contribution in [1.82, 2.24) is 4.57 Å². The van der Waals surface area contributed by atoms with E-state index >= 15 is 0 Å². The van der Waals surface area contributed by atoms with Crippen molar-refractivity contribution in [2.75, 3.05) is 4.90 Å². The van der Waals surface area contributed by atoms with Gasteiger partial charge in [0.15, 0.2) is 0 Å². The molecule has 0 spiro atoms. The van der Waals surface area contributed by atoms with Gasteiger partial charge in [-0.25, -0.2) is 0 Å². The van der Waals surface area contributed by atoms with Gasteiger partial charge in [-0.15, -0.1) is 0 Å². The predicted molar refractivity (Wildman–Crippen MR) is 275 cm³/mol. The Morgan fingerprint density at radius 3 is 1.66 bits per heavy atom. The summed E-state index contributed by atoms with van der Waals surface area (Å²) in [5.41, 5.74) is 21.4. The van der Waals surface area contributed by atoms with Crippen molar-refractivity contribution in [2.45, 2.75) is 19.3 Å². The van der Waals surface area contributed by atoms with Crippen LogP contribution in [0.25, 0.3) is 83.1 Å². The van der Waals surface area contributed by atoms with Crippen molar-refractivity contribution < 1.29 is 0 Å². The van der Waals surface area contributed by atoms with Gasteiger partial charge in [0.1, 0.15) is 0 Å². The number of para-hydroxylation sites is 3. The molecule has 308 valence electrons. The van der Waals surface area contributed by atoms with Gasteiger partial charge < -0.3 is 9.47 Å². The van der Waals surface area contributed by atoms with Crippen LogP contribution in [0.2, 0.25) is 0 Å². The summed E-state index contributed by atoms with van der Waals surface area (Å²) in [6.45, 7) is 4.71. The molecule has 2 heteroatoms. The summed E-state index contributed by atoms with van der Waals surface area (Å²) < 4.78 is 2.42. The molecule has 1 heterocycles. The van der Waals surface area contributed by atoms with Crippen LogP contribution < -0.4 is 4.90 Å². The Morgan fingerprint density at radius 1 is 0.338 bits per heavy atom. The molecule has 0 aliphatic heterocycles. The standard InChI is InChI=1S/C63H46N2/c1-63(2)56-33-17-14-29-51(56)55-41-45(37-40-57(55)63)49-28-15-18-34-58(49)65(47-38-39-53-52-30-16-19-35-59(52)64(61(53)42-47)46-25-10-5-11-26-46)60-36-20-32-50(44-23-8-4-9-24-44)62(60)54-31-13-12-27-48(54)43-21-6-3-7-22-43/h3-42H,1-2H3. The van der Waals surface area contributed by atoms with Crippen LogP contribution in [0.5, 0.6) is 0 Å². The largest absolute Gasteiger partial charge is 0.309 e. The Kier molecular flexibility index (Phi) is 9.21. The van der Waals surface area contributed by atoms with E-state index in [0.717, 1.165) is 33.8 Å². The van der Waals surface area contributed by atoms with Crippen molar-refractivity contribution in [3.63, 3.8) is 0 Å². The van der Waals surface area contributed by atoms with Crippen LogP contribution in [0.15, 0.2) is 243 Å². The molecule has 0 amide bonds. The molecule has 0 atom stereocenters. The molecule has 2 nitrogen and oxygen atoms in total. The van der Waals surface area contributed by atoms with E-state index in [0.29, 0.717) is 0 Å². The third-order valence-electron chi connectivity index (χ3n) is 13.6. The molecule has 0 fully saturated rings. The average molecular weight is 831 g/mol. The molecule has 0 saturated carbocycles. The third kappa shape index (κ3) is 6.32. The van der Waals surface area contributed by atoms with Crippen molar-refractivity contribution >= 4 is 38.9 Å². The van der Waals surface area contributed by atoms with E-state index in [1.807, 2.05) is 0 Å². The van der Waals surface area contributed by atoms with Gasteiger partial charge in [0.2, 0.25) is 0 Å². The van der Waals surface area contributed by atoms with Crippen LogP contribution in [-0.2, 0) is 5.41 Å². The van der Waals surface area contributed by atoms with Crippen LogP contribution in [0.1, 0.15) is 25.0 Å². The molecule has 12 rings (SSSR count). The second kappa shape index (κ2) is 15.6. The maximum Gasteiger partial charge on any atom is 0.0561 e. The number of hydrogen-bond donors (Lipinski definition) is 0. The van der Waals surface area contributed by atoms with E-state index in [1.54, 1.807) is 0 Å². The average Bonchev–Trinajstić information content (AvgIpc) is 3.82. The molecule has 10 aromatic carbocycles. The first-order chi connectivity index (χ1) is 32.0. The van der Waals surface area contributed by atoms with Gasteiger partial charge in [0.05, 0.1) is 22.4 Å². The lowest BCUT2D eigenvalue weighted by atomic mass is 9.82. The molecule has 0 saturated heterocycles. The zero-order valence-electron chi connectivity index (χ0n) is 36.5. The minimum atomic E-state index is -0.0818. The summed E-state index contributed by atoms with van der Waals surface area (Å²) in [5, 5.41) is 2.45. The topological polar surface area (TPSA) is 8.17 Å². The molecule has 0 bridgehead atoms.